The number of nitrogens with zero attached hydrogens (tertiary/aromatic N) is 3. The lowest BCUT2D eigenvalue weighted by Crippen LogP contribution is -2.60. The first-order valence-electron chi connectivity index (χ1n) is 10.00. The number of rotatable bonds is 5. The predicted molar refractivity (Wildman–Crippen MR) is 121 cm³/mol. The van der Waals surface area contributed by atoms with Crippen molar-refractivity contribution in [1.29, 1.82) is 0 Å². The quantitative estimate of drug-likeness (QED) is 0.359. The van der Waals surface area contributed by atoms with E-state index in [0.29, 0.717) is 6.20 Å². The summed E-state index contributed by atoms with van der Waals surface area (Å²) in [7, 11) is 0. The summed E-state index contributed by atoms with van der Waals surface area (Å²) in [5.41, 5.74) is 0.244. The van der Waals surface area contributed by atoms with Gasteiger partial charge in [0.2, 0.25) is 0 Å². The summed E-state index contributed by atoms with van der Waals surface area (Å²) >= 11 is 1.02. The third-order valence-electron chi connectivity index (χ3n) is 5.54. The fourth-order valence-corrected chi connectivity index (χ4v) is 4.65. The molecule has 3 N–H and O–H groups in total. The molecule has 3 atom stereocenters. The number of benzene rings is 1. The van der Waals surface area contributed by atoms with Crippen molar-refractivity contribution >= 4 is 41.0 Å². The van der Waals surface area contributed by atoms with E-state index in [1.54, 1.807) is 6.92 Å². The van der Waals surface area contributed by atoms with Gasteiger partial charge in [0.05, 0.1) is 18.9 Å². The molecule has 13 heteroatoms. The van der Waals surface area contributed by atoms with Gasteiger partial charge < -0.3 is 15.8 Å². The summed E-state index contributed by atoms with van der Waals surface area (Å²) in [5.74, 6) is -1.80. The Balaban J connectivity index is 1.97. The number of thioether (sulfide) groups is 1. The minimum Gasteiger partial charge on any atom is -0.379 e. The number of nitrogens with one attached hydrogen (secondary N) is 1. The molecule has 2 heterocycles. The Kier molecular flexibility index (Phi) is 7.18. The number of anilines is 1. The van der Waals surface area contributed by atoms with Crippen molar-refractivity contribution in [2.45, 2.75) is 43.8 Å². The molecular formula is C21H22F5N5O2S. The highest BCUT2D eigenvalue weighted by Crippen LogP contribution is 2.52. The van der Waals surface area contributed by atoms with E-state index in [1.807, 2.05) is 0 Å². The van der Waals surface area contributed by atoms with Crippen LogP contribution in [0.25, 0.3) is 0 Å². The highest BCUT2D eigenvalue weighted by molar-refractivity contribution is 8.13. The van der Waals surface area contributed by atoms with Crippen LogP contribution >= 0.6 is 11.8 Å². The Bertz CT molecular complexity index is 1090. The maximum Gasteiger partial charge on any atom is 0.429 e. The summed E-state index contributed by atoms with van der Waals surface area (Å²) in [6.07, 6.45) is -4.54. The summed E-state index contributed by atoms with van der Waals surface area (Å²) in [5, 5.41) is 2.45. The number of aliphatic imine (C=N–C) groups is 3. The molecule has 1 aromatic rings. The normalized spacial score (nSPS) is 28.1. The lowest BCUT2D eigenvalue weighted by Gasteiger charge is -2.49. The first-order chi connectivity index (χ1) is 15.8. The van der Waals surface area contributed by atoms with Crippen LogP contribution in [0.4, 0.5) is 27.6 Å². The van der Waals surface area contributed by atoms with E-state index < -0.39 is 46.6 Å². The summed E-state index contributed by atoms with van der Waals surface area (Å²) in [6.45, 7) is 5.31. The Morgan fingerprint density at radius 3 is 2.79 bits per heavy atom. The van der Waals surface area contributed by atoms with Gasteiger partial charge in [-0.2, -0.15) is 13.2 Å². The summed E-state index contributed by atoms with van der Waals surface area (Å²) in [4.78, 5) is 23.3. The highest BCUT2D eigenvalue weighted by Gasteiger charge is 2.60. The van der Waals surface area contributed by atoms with E-state index >= 15 is 4.39 Å². The molecule has 0 radical (unpaired) electrons. The maximum atomic E-state index is 16.2. The Hall–Kier alpha value is -2.80. The number of halogens is 5. The second-order valence-electron chi connectivity index (χ2n) is 7.92. The third-order valence-corrected chi connectivity index (χ3v) is 6.53. The topological polar surface area (TPSA) is 101 Å². The number of ether oxygens (including phenoxy) is 1. The van der Waals surface area contributed by atoms with Crippen molar-refractivity contribution in [3.8, 4) is 0 Å². The van der Waals surface area contributed by atoms with Crippen molar-refractivity contribution in [3.05, 3.63) is 41.5 Å². The van der Waals surface area contributed by atoms with Crippen molar-refractivity contribution in [2.75, 3.05) is 17.7 Å². The third kappa shape index (κ3) is 4.99. The zero-order valence-electron chi connectivity index (χ0n) is 18.2. The molecule has 1 saturated heterocycles. The van der Waals surface area contributed by atoms with Crippen LogP contribution in [0.3, 0.4) is 0 Å². The van der Waals surface area contributed by atoms with Gasteiger partial charge in [0.15, 0.2) is 10.8 Å². The van der Waals surface area contributed by atoms with Gasteiger partial charge in [-0.25, -0.2) is 13.8 Å². The zero-order chi connectivity index (χ0) is 25.3. The second kappa shape index (κ2) is 9.45. The molecule has 1 aromatic carbocycles. The van der Waals surface area contributed by atoms with E-state index in [-0.39, 0.29) is 35.2 Å². The molecule has 3 rings (SSSR count). The molecule has 2 aliphatic heterocycles. The lowest BCUT2D eigenvalue weighted by molar-refractivity contribution is -0.112. The van der Waals surface area contributed by atoms with E-state index in [4.69, 9.17) is 10.5 Å². The van der Waals surface area contributed by atoms with Crippen LogP contribution in [0.15, 0.2) is 45.1 Å². The largest absolute Gasteiger partial charge is 0.429 e. The maximum absolute atomic E-state index is 16.2. The van der Waals surface area contributed by atoms with Crippen molar-refractivity contribution in [1.82, 2.24) is 0 Å². The number of fused-ring (bicyclic) bond motifs is 1. The molecule has 0 saturated carbocycles. The summed E-state index contributed by atoms with van der Waals surface area (Å²) < 4.78 is 74.6. The second-order valence-corrected chi connectivity index (χ2v) is 8.92. The lowest BCUT2D eigenvalue weighted by atomic mass is 9.72. The number of amidine groups is 1. The van der Waals surface area contributed by atoms with Gasteiger partial charge >= 0.3 is 6.18 Å². The molecule has 1 fully saturated rings. The Labute approximate surface area is 196 Å². The summed E-state index contributed by atoms with van der Waals surface area (Å²) in [6, 6.07) is 3.41. The molecular weight excluding hydrogens is 481 g/mol. The fraction of sp³-hybridized carbons (Fsp3) is 0.429. The molecule has 184 valence electrons. The van der Waals surface area contributed by atoms with E-state index in [1.165, 1.54) is 12.1 Å². The first kappa shape index (κ1) is 25.8. The average molecular weight is 503 g/mol. The van der Waals surface area contributed by atoms with E-state index in [2.05, 4.69) is 27.0 Å². The van der Waals surface area contributed by atoms with Crippen LogP contribution in [-0.4, -0.2) is 53.8 Å². The standard InChI is InChI=1S/C21H22F5N5O2S/c1-11-7-19(23)10-34-18(27)31-20(19,9-33-11)14-6-13(4-5-15(14)22)30-17(32)16(28-3)8-29-12(2)21(24,25)26/h4-6,8,11H,3,7,9-10H2,1-2H3,(H2,27,31)(H,30,32)/b16-8-,29-12?/t11-,19+,20+/m0/s1. The number of carbonyl (C=O) groups is 1. The van der Waals surface area contributed by atoms with Crippen molar-refractivity contribution in [2.24, 2.45) is 20.7 Å². The van der Waals surface area contributed by atoms with Crippen LogP contribution in [0.5, 0.6) is 0 Å². The molecule has 0 unspecified atom stereocenters. The SMILES string of the molecule is C=N/C(=C\N=C(C)C(F)(F)F)C(=O)Nc1ccc(F)c([C@]23CO[C@@H](C)C[C@@]2(F)CSC(N)=N3)c1. The molecule has 2 aliphatic rings. The number of nitrogens with two attached hydrogens (primary N) is 1. The van der Waals surface area contributed by atoms with Gasteiger partial charge in [-0.3, -0.25) is 14.8 Å². The van der Waals surface area contributed by atoms with Gasteiger partial charge in [-0.05, 0) is 38.8 Å². The Morgan fingerprint density at radius 2 is 2.15 bits per heavy atom. The van der Waals surface area contributed by atoms with Gasteiger partial charge in [-0.15, -0.1) is 0 Å². The molecule has 0 spiro atoms. The first-order valence-corrected chi connectivity index (χ1v) is 11.0. The minimum absolute atomic E-state index is 0.0230. The zero-order valence-corrected chi connectivity index (χ0v) is 19.1. The predicted octanol–water partition coefficient (Wildman–Crippen LogP) is 4.10. The Morgan fingerprint density at radius 1 is 1.44 bits per heavy atom. The van der Waals surface area contributed by atoms with Crippen LogP contribution in [0, 0.1) is 5.82 Å². The monoisotopic (exact) mass is 503 g/mol. The molecule has 0 bridgehead atoms. The van der Waals surface area contributed by atoms with Crippen molar-refractivity contribution in [3.63, 3.8) is 0 Å². The number of amides is 1. The van der Waals surface area contributed by atoms with Crippen LogP contribution in [-0.2, 0) is 15.1 Å². The molecule has 0 aliphatic carbocycles. The molecule has 1 amide bonds. The average Bonchev–Trinajstić information content (AvgIpc) is 2.75. The fourth-order valence-electron chi connectivity index (χ4n) is 3.69. The van der Waals surface area contributed by atoms with Crippen molar-refractivity contribution < 1.29 is 31.5 Å². The molecule has 7 nitrogen and oxygen atoms in total. The number of hydrogen-bond donors (Lipinski definition) is 2. The van der Waals surface area contributed by atoms with Crippen LogP contribution in [0.1, 0.15) is 25.8 Å². The molecule has 0 aromatic heterocycles. The number of carbonyl (C=O) groups excluding carboxylic acids is 1. The van der Waals surface area contributed by atoms with E-state index in [0.717, 1.165) is 24.8 Å². The van der Waals surface area contributed by atoms with Gasteiger partial charge in [0.25, 0.3) is 5.91 Å². The smallest absolute Gasteiger partial charge is 0.379 e. The van der Waals surface area contributed by atoms with Gasteiger partial charge in [-0.1, -0.05) is 11.8 Å². The number of hydrogen-bond acceptors (Lipinski definition) is 7. The van der Waals surface area contributed by atoms with Crippen LogP contribution < -0.4 is 11.1 Å². The highest BCUT2D eigenvalue weighted by atomic mass is 32.2. The molecule has 34 heavy (non-hydrogen) atoms. The minimum atomic E-state index is -4.68. The van der Waals surface area contributed by atoms with Gasteiger partial charge in [0.1, 0.15) is 22.8 Å². The van der Waals surface area contributed by atoms with E-state index in [9.17, 15) is 22.4 Å². The van der Waals surface area contributed by atoms with Gasteiger partial charge in [0, 0.05) is 23.4 Å². The number of alkyl halides is 4. The van der Waals surface area contributed by atoms with Crippen LogP contribution in [0.2, 0.25) is 0 Å².